The highest BCUT2D eigenvalue weighted by molar-refractivity contribution is 5.41. The van der Waals surface area contributed by atoms with Crippen LogP contribution in [-0.2, 0) is 6.18 Å². The Morgan fingerprint density at radius 1 is 1.21 bits per heavy atom. The van der Waals surface area contributed by atoms with Crippen LogP contribution in [0.2, 0.25) is 0 Å². The van der Waals surface area contributed by atoms with Gasteiger partial charge in [-0.05, 0) is 19.9 Å². The maximum absolute atomic E-state index is 12.7. The molecular weight excluding hydrogens is 261 g/mol. The summed E-state index contributed by atoms with van der Waals surface area (Å²) in [5.41, 5.74) is 3.42. The lowest BCUT2D eigenvalue weighted by atomic mass is 10.4. The molecule has 2 aromatic heterocycles. The third-order valence-corrected chi connectivity index (χ3v) is 2.34. The van der Waals surface area contributed by atoms with Crippen LogP contribution in [-0.4, -0.2) is 19.7 Å². The second kappa shape index (κ2) is 4.50. The molecule has 2 aromatic rings. The third-order valence-electron chi connectivity index (χ3n) is 2.34. The van der Waals surface area contributed by atoms with Gasteiger partial charge in [0.15, 0.2) is 5.82 Å². The van der Waals surface area contributed by atoms with Crippen molar-refractivity contribution in [1.82, 2.24) is 19.7 Å². The van der Waals surface area contributed by atoms with Gasteiger partial charge in [0.1, 0.15) is 5.82 Å². The highest BCUT2D eigenvalue weighted by Gasteiger charge is 2.35. The molecule has 0 fully saturated rings. The molecular formula is C10H11F3N6. The fourth-order valence-corrected chi connectivity index (χ4v) is 1.60. The van der Waals surface area contributed by atoms with Crippen LogP contribution in [0, 0.1) is 13.8 Å². The van der Waals surface area contributed by atoms with E-state index < -0.39 is 12.0 Å². The van der Waals surface area contributed by atoms with Crippen molar-refractivity contribution in [3.05, 3.63) is 29.3 Å². The summed E-state index contributed by atoms with van der Waals surface area (Å²) in [6, 6.07) is 3.01. The molecule has 6 nitrogen and oxygen atoms in total. The summed E-state index contributed by atoms with van der Waals surface area (Å²) in [7, 11) is 0. The van der Waals surface area contributed by atoms with Gasteiger partial charge in [-0.1, -0.05) is 0 Å². The summed E-state index contributed by atoms with van der Waals surface area (Å²) in [6.07, 6.45) is -4.66. The minimum atomic E-state index is -4.66. The molecule has 0 radical (unpaired) electrons. The van der Waals surface area contributed by atoms with Gasteiger partial charge in [-0.15, -0.1) is 0 Å². The number of aromatic nitrogens is 4. The fraction of sp³-hybridized carbons (Fsp3) is 0.300. The van der Waals surface area contributed by atoms with Crippen molar-refractivity contribution < 1.29 is 13.2 Å². The molecule has 2 rings (SSSR count). The van der Waals surface area contributed by atoms with E-state index in [2.05, 4.69) is 20.5 Å². The van der Waals surface area contributed by atoms with Gasteiger partial charge in [0.25, 0.3) is 0 Å². The third kappa shape index (κ3) is 2.65. The van der Waals surface area contributed by atoms with Crippen LogP contribution in [0.3, 0.4) is 0 Å². The summed E-state index contributed by atoms with van der Waals surface area (Å²) < 4.78 is 39.3. The molecule has 2 heterocycles. The fourth-order valence-electron chi connectivity index (χ4n) is 1.60. The number of alkyl halides is 3. The topological polar surface area (TPSA) is 81.7 Å². The summed E-state index contributed by atoms with van der Waals surface area (Å²) in [4.78, 5) is 6.74. The van der Waals surface area contributed by atoms with Crippen molar-refractivity contribution in [3.63, 3.8) is 0 Å². The Morgan fingerprint density at radius 3 is 2.37 bits per heavy atom. The first-order chi connectivity index (χ1) is 8.81. The lowest BCUT2D eigenvalue weighted by Gasteiger charge is -2.10. The Hall–Kier alpha value is -2.16. The van der Waals surface area contributed by atoms with Crippen LogP contribution in [0.25, 0.3) is 5.82 Å². The normalized spacial score (nSPS) is 11.7. The van der Waals surface area contributed by atoms with Gasteiger partial charge in [0, 0.05) is 11.8 Å². The second-order valence-electron chi connectivity index (χ2n) is 3.92. The predicted octanol–water partition coefficient (Wildman–Crippen LogP) is 1.58. The van der Waals surface area contributed by atoms with Crippen molar-refractivity contribution in [1.29, 1.82) is 0 Å². The van der Waals surface area contributed by atoms with E-state index in [-0.39, 0.29) is 11.6 Å². The second-order valence-corrected chi connectivity index (χ2v) is 3.92. The number of halogens is 3. The van der Waals surface area contributed by atoms with Crippen molar-refractivity contribution >= 4 is 5.82 Å². The van der Waals surface area contributed by atoms with E-state index in [9.17, 15) is 13.2 Å². The number of nitrogen functional groups attached to an aromatic ring is 1. The molecule has 19 heavy (non-hydrogen) atoms. The number of hydrogen-bond acceptors (Lipinski definition) is 5. The Balaban J connectivity index is 2.60. The zero-order valence-corrected chi connectivity index (χ0v) is 10.2. The van der Waals surface area contributed by atoms with Gasteiger partial charge in [0.05, 0.1) is 5.69 Å². The van der Waals surface area contributed by atoms with E-state index in [1.165, 1.54) is 10.7 Å². The molecule has 0 amide bonds. The molecule has 0 aliphatic rings. The van der Waals surface area contributed by atoms with Gasteiger partial charge in [-0.2, -0.15) is 18.3 Å². The Morgan fingerprint density at radius 2 is 1.89 bits per heavy atom. The van der Waals surface area contributed by atoms with Crippen molar-refractivity contribution in [2.45, 2.75) is 20.0 Å². The first-order valence-electron chi connectivity index (χ1n) is 5.28. The van der Waals surface area contributed by atoms with Crippen molar-refractivity contribution in [2.24, 2.45) is 5.84 Å². The molecule has 3 N–H and O–H groups in total. The molecule has 0 aliphatic heterocycles. The van der Waals surface area contributed by atoms with Gasteiger partial charge in [0.2, 0.25) is 5.82 Å². The van der Waals surface area contributed by atoms with Crippen LogP contribution in [0.15, 0.2) is 12.1 Å². The first kappa shape index (κ1) is 13.3. The Bertz CT molecular complexity index is 604. The molecule has 102 valence electrons. The van der Waals surface area contributed by atoms with E-state index in [1.807, 2.05) is 0 Å². The number of hydrogen-bond donors (Lipinski definition) is 2. The number of nitrogens with one attached hydrogen (secondary N) is 1. The molecule has 0 unspecified atom stereocenters. The van der Waals surface area contributed by atoms with Crippen molar-refractivity contribution in [2.75, 3.05) is 5.43 Å². The summed E-state index contributed by atoms with van der Waals surface area (Å²) in [5, 5.41) is 4.07. The van der Waals surface area contributed by atoms with E-state index in [0.29, 0.717) is 11.4 Å². The van der Waals surface area contributed by atoms with E-state index >= 15 is 0 Å². The molecule has 0 saturated heterocycles. The molecule has 0 bridgehead atoms. The quantitative estimate of drug-likeness (QED) is 0.640. The van der Waals surface area contributed by atoms with Crippen molar-refractivity contribution in [3.8, 4) is 5.82 Å². The highest BCUT2D eigenvalue weighted by atomic mass is 19.4. The number of nitrogens with two attached hydrogens (primary N) is 1. The van der Waals surface area contributed by atoms with Gasteiger partial charge in [-0.3, -0.25) is 0 Å². The maximum atomic E-state index is 12.7. The molecule has 0 aromatic carbocycles. The van der Waals surface area contributed by atoms with Crippen LogP contribution in [0.4, 0.5) is 19.0 Å². The molecule has 0 saturated carbocycles. The van der Waals surface area contributed by atoms with Crippen LogP contribution >= 0.6 is 0 Å². The largest absolute Gasteiger partial charge is 0.451 e. The lowest BCUT2D eigenvalue weighted by molar-refractivity contribution is -0.144. The van der Waals surface area contributed by atoms with Crippen LogP contribution in [0.5, 0.6) is 0 Å². The zero-order valence-electron chi connectivity index (χ0n) is 10.2. The van der Waals surface area contributed by atoms with Gasteiger partial charge in [-0.25, -0.2) is 20.5 Å². The predicted molar refractivity (Wildman–Crippen MR) is 61.4 cm³/mol. The molecule has 0 aliphatic carbocycles. The smallest absolute Gasteiger partial charge is 0.308 e. The average Bonchev–Trinajstić information content (AvgIpc) is 2.66. The average molecular weight is 272 g/mol. The van der Waals surface area contributed by atoms with Gasteiger partial charge >= 0.3 is 6.18 Å². The minimum absolute atomic E-state index is 0.000810. The van der Waals surface area contributed by atoms with E-state index in [1.54, 1.807) is 19.9 Å². The van der Waals surface area contributed by atoms with E-state index in [0.717, 1.165) is 0 Å². The molecule has 0 spiro atoms. The zero-order chi connectivity index (χ0) is 14.2. The first-order valence-corrected chi connectivity index (χ1v) is 5.28. The maximum Gasteiger partial charge on any atom is 0.451 e. The number of rotatable bonds is 2. The minimum Gasteiger partial charge on any atom is -0.308 e. The number of nitrogens with zero attached hydrogens (tertiary/aromatic N) is 4. The Labute approximate surface area is 106 Å². The molecule has 9 heteroatoms. The lowest BCUT2D eigenvalue weighted by Crippen LogP contribution is -2.18. The monoisotopic (exact) mass is 272 g/mol. The van der Waals surface area contributed by atoms with E-state index in [4.69, 9.17) is 5.84 Å². The van der Waals surface area contributed by atoms with Gasteiger partial charge < -0.3 is 5.43 Å². The number of aryl methyl sites for hydroxylation is 2. The van der Waals surface area contributed by atoms with Crippen LogP contribution in [0.1, 0.15) is 17.2 Å². The SMILES string of the molecule is Cc1cc(C)n(-c2cc(NN)nc(C(F)(F)F)n2)n1. The highest BCUT2D eigenvalue weighted by Crippen LogP contribution is 2.28. The standard InChI is InChI=1S/C10H11F3N6/c1-5-3-6(2)19(18-5)8-4-7(17-14)15-9(16-8)10(11,12)13/h3-4H,14H2,1-2H3,(H,15,16,17). The summed E-state index contributed by atoms with van der Waals surface area (Å²) in [6.45, 7) is 3.45. The van der Waals surface area contributed by atoms with Crippen LogP contribution < -0.4 is 11.3 Å². The summed E-state index contributed by atoms with van der Waals surface area (Å²) >= 11 is 0. The summed E-state index contributed by atoms with van der Waals surface area (Å²) in [5.74, 6) is 3.71. The Kier molecular flexibility index (Phi) is 3.14. The molecule has 0 atom stereocenters. The number of hydrazine groups is 1. The number of anilines is 1.